The summed E-state index contributed by atoms with van der Waals surface area (Å²) in [6.07, 6.45) is 6.33. The summed E-state index contributed by atoms with van der Waals surface area (Å²) in [6, 6.07) is 60.3. The van der Waals surface area contributed by atoms with Gasteiger partial charge in [0.25, 0.3) is 0 Å². The highest BCUT2D eigenvalue weighted by Gasteiger charge is 2.16. The van der Waals surface area contributed by atoms with Crippen LogP contribution in [0.3, 0.4) is 0 Å². The van der Waals surface area contributed by atoms with Gasteiger partial charge in [0, 0.05) is 54.5 Å². The molecule has 0 aliphatic carbocycles. The van der Waals surface area contributed by atoms with Crippen LogP contribution in [0.4, 0.5) is 0 Å². The Balaban J connectivity index is 0.861. The second-order valence-electron chi connectivity index (χ2n) is 15.5. The zero-order valence-corrected chi connectivity index (χ0v) is 32.3. The Bertz CT molecular complexity index is 3660. The maximum absolute atomic E-state index is 6.34. The zero-order chi connectivity index (χ0) is 39.2. The molecule has 4 heteroatoms. The maximum Gasteiger partial charge on any atom is 0.135 e. The summed E-state index contributed by atoms with van der Waals surface area (Å²) in [4.78, 5) is 0. The van der Waals surface area contributed by atoms with E-state index in [-0.39, 0.29) is 0 Å². The molecule has 4 aromatic heterocycles. The minimum absolute atomic E-state index is 0.861. The van der Waals surface area contributed by atoms with Crippen molar-refractivity contribution >= 4 is 98.6 Å². The first-order valence-corrected chi connectivity index (χ1v) is 20.0. The van der Waals surface area contributed by atoms with Crippen molar-refractivity contribution in [1.82, 2.24) is 9.13 Å². The van der Waals surface area contributed by atoms with Crippen LogP contribution in [-0.4, -0.2) is 9.13 Å². The number of benzene rings is 8. The Morgan fingerprint density at radius 2 is 0.797 bits per heavy atom. The first-order chi connectivity index (χ1) is 29.1. The molecule has 0 bridgehead atoms. The molecule has 4 nitrogen and oxygen atoms in total. The summed E-state index contributed by atoms with van der Waals surface area (Å²) in [5.74, 6) is 0. The molecule has 0 saturated heterocycles. The third-order valence-electron chi connectivity index (χ3n) is 12.1. The SMILES string of the molecule is C=C(/C=C\C=C(/C)c1ccc2oc3ccc(-n4c5ccccc5c5ccccc54)cc3c2c1)c1ccc2oc3ccc(-n4c5ccccc5c5ccccc54)cc3c2c1. The van der Waals surface area contributed by atoms with Gasteiger partial charge >= 0.3 is 0 Å². The van der Waals surface area contributed by atoms with Gasteiger partial charge in [-0.2, -0.15) is 0 Å². The van der Waals surface area contributed by atoms with E-state index in [2.05, 4.69) is 211 Å². The summed E-state index contributed by atoms with van der Waals surface area (Å²) in [5.41, 5.74) is 14.7. The first kappa shape index (κ1) is 33.3. The van der Waals surface area contributed by atoms with Gasteiger partial charge in [0.2, 0.25) is 0 Å². The van der Waals surface area contributed by atoms with Gasteiger partial charge in [-0.3, -0.25) is 0 Å². The van der Waals surface area contributed by atoms with Crippen LogP contribution in [0.1, 0.15) is 18.1 Å². The fraction of sp³-hybridized carbons (Fsp3) is 0.0182. The maximum atomic E-state index is 6.34. The van der Waals surface area contributed by atoms with Crippen LogP contribution >= 0.6 is 0 Å². The van der Waals surface area contributed by atoms with Crippen molar-refractivity contribution in [1.29, 1.82) is 0 Å². The Kier molecular flexibility index (Phi) is 7.26. The molecule has 0 N–H and O–H groups in total. The quantitative estimate of drug-likeness (QED) is 0.158. The van der Waals surface area contributed by atoms with E-state index in [1.54, 1.807) is 0 Å². The van der Waals surface area contributed by atoms with Crippen LogP contribution in [0.5, 0.6) is 0 Å². The number of nitrogens with zero attached hydrogens (tertiary/aromatic N) is 2. The third-order valence-corrected chi connectivity index (χ3v) is 12.1. The largest absolute Gasteiger partial charge is 0.456 e. The van der Waals surface area contributed by atoms with Gasteiger partial charge in [0.1, 0.15) is 22.3 Å². The van der Waals surface area contributed by atoms with Crippen LogP contribution in [0, 0.1) is 0 Å². The lowest BCUT2D eigenvalue weighted by atomic mass is 10.0. The molecule has 0 saturated carbocycles. The van der Waals surface area contributed by atoms with E-state index in [4.69, 9.17) is 8.83 Å². The molecule has 0 amide bonds. The number of aromatic nitrogens is 2. The molecule has 0 aliphatic heterocycles. The molecule has 12 aromatic rings. The van der Waals surface area contributed by atoms with Crippen LogP contribution in [0.2, 0.25) is 0 Å². The smallest absolute Gasteiger partial charge is 0.135 e. The molecule has 0 fully saturated rings. The summed E-state index contributed by atoms with van der Waals surface area (Å²) in [5, 5.41) is 9.34. The molecular weight excluding hydrogens is 721 g/mol. The van der Waals surface area contributed by atoms with E-state index in [1.807, 2.05) is 0 Å². The van der Waals surface area contributed by atoms with Crippen molar-refractivity contribution in [2.45, 2.75) is 6.92 Å². The monoisotopic (exact) mass is 756 g/mol. The molecule has 0 unspecified atom stereocenters. The van der Waals surface area contributed by atoms with E-state index in [0.717, 1.165) is 77.5 Å². The van der Waals surface area contributed by atoms with Crippen molar-refractivity contribution in [2.75, 3.05) is 0 Å². The molecule has 0 atom stereocenters. The number of para-hydroxylation sites is 4. The van der Waals surface area contributed by atoms with E-state index >= 15 is 0 Å². The third kappa shape index (κ3) is 5.16. The minimum atomic E-state index is 0.861. The Hall–Kier alpha value is -7.82. The van der Waals surface area contributed by atoms with Crippen LogP contribution < -0.4 is 0 Å². The normalized spacial score (nSPS) is 12.6. The van der Waals surface area contributed by atoms with Crippen LogP contribution in [-0.2, 0) is 0 Å². The van der Waals surface area contributed by atoms with Crippen molar-refractivity contribution in [3.05, 3.63) is 206 Å². The van der Waals surface area contributed by atoms with E-state index in [0.29, 0.717) is 0 Å². The highest BCUT2D eigenvalue weighted by molar-refractivity contribution is 6.12. The second-order valence-corrected chi connectivity index (χ2v) is 15.5. The number of allylic oxidation sites excluding steroid dienone is 5. The molecule has 0 radical (unpaired) electrons. The Labute approximate surface area is 339 Å². The number of hydrogen-bond donors (Lipinski definition) is 0. The van der Waals surface area contributed by atoms with E-state index in [1.165, 1.54) is 43.6 Å². The zero-order valence-electron chi connectivity index (χ0n) is 32.3. The second kappa shape index (κ2) is 12.9. The lowest BCUT2D eigenvalue weighted by Crippen LogP contribution is -1.93. The highest BCUT2D eigenvalue weighted by Crippen LogP contribution is 2.38. The van der Waals surface area contributed by atoms with Gasteiger partial charge in [-0.15, -0.1) is 0 Å². The van der Waals surface area contributed by atoms with Gasteiger partial charge < -0.3 is 18.0 Å². The predicted octanol–water partition coefficient (Wildman–Crippen LogP) is 15.4. The van der Waals surface area contributed by atoms with Crippen LogP contribution in [0.25, 0.3) is 110 Å². The highest BCUT2D eigenvalue weighted by atomic mass is 16.3. The molecular formula is C55H36N2O2. The van der Waals surface area contributed by atoms with E-state index in [9.17, 15) is 0 Å². The van der Waals surface area contributed by atoms with E-state index < -0.39 is 0 Å². The van der Waals surface area contributed by atoms with Crippen molar-refractivity contribution in [3.63, 3.8) is 0 Å². The van der Waals surface area contributed by atoms with Crippen molar-refractivity contribution in [3.8, 4) is 11.4 Å². The average molecular weight is 757 g/mol. The number of fused-ring (bicyclic) bond motifs is 12. The fourth-order valence-electron chi connectivity index (χ4n) is 9.16. The predicted molar refractivity (Wildman–Crippen MR) is 248 cm³/mol. The minimum Gasteiger partial charge on any atom is -0.456 e. The Morgan fingerprint density at radius 3 is 1.25 bits per heavy atom. The number of hydrogen-bond acceptors (Lipinski definition) is 2. The number of rotatable bonds is 6. The lowest BCUT2D eigenvalue weighted by Gasteiger charge is -2.08. The van der Waals surface area contributed by atoms with Gasteiger partial charge in [-0.05, 0) is 114 Å². The first-order valence-electron chi connectivity index (χ1n) is 20.0. The molecule has 59 heavy (non-hydrogen) atoms. The van der Waals surface area contributed by atoms with Gasteiger partial charge in [0.15, 0.2) is 0 Å². The molecule has 12 rings (SSSR count). The van der Waals surface area contributed by atoms with Gasteiger partial charge in [-0.1, -0.05) is 110 Å². The molecule has 4 heterocycles. The van der Waals surface area contributed by atoms with Gasteiger partial charge in [-0.25, -0.2) is 0 Å². The summed E-state index contributed by atoms with van der Waals surface area (Å²) >= 11 is 0. The van der Waals surface area contributed by atoms with Gasteiger partial charge in [0.05, 0.1) is 22.1 Å². The summed E-state index contributed by atoms with van der Waals surface area (Å²) in [7, 11) is 0. The van der Waals surface area contributed by atoms with Crippen LogP contribution in [0.15, 0.2) is 203 Å². The topological polar surface area (TPSA) is 36.1 Å². The molecule has 0 spiro atoms. The molecule has 0 aliphatic rings. The fourth-order valence-corrected chi connectivity index (χ4v) is 9.16. The molecule has 278 valence electrons. The number of furan rings is 2. The lowest BCUT2D eigenvalue weighted by molar-refractivity contribution is 0.668. The standard InChI is InChI=1S/C55H36N2O2/c1-34(36-22-26-52-44(30-36)46-32-38(24-28-54(46)58-52)56-48-18-7-3-14-40(48)41-15-4-8-19-49(41)56)12-11-13-35(2)37-23-27-53-45(31-37)47-33-39(25-29-55(47)59-53)57-50-20-9-5-16-42(50)43-17-6-10-21-51(43)57/h3-33H,1H2,2H3/b12-11-,35-13+. The average Bonchev–Trinajstić information content (AvgIpc) is 4.03. The Morgan fingerprint density at radius 1 is 0.424 bits per heavy atom. The van der Waals surface area contributed by atoms with Crippen molar-refractivity contribution in [2.24, 2.45) is 0 Å². The summed E-state index contributed by atoms with van der Waals surface area (Å²) < 4.78 is 17.4. The van der Waals surface area contributed by atoms with Crippen molar-refractivity contribution < 1.29 is 8.83 Å². The summed E-state index contributed by atoms with van der Waals surface area (Å²) in [6.45, 7) is 6.61. The molecule has 8 aromatic carbocycles.